The number of benzene rings is 2. The van der Waals surface area contributed by atoms with E-state index in [0.717, 1.165) is 23.3 Å². The van der Waals surface area contributed by atoms with Crippen LogP contribution >= 0.6 is 11.6 Å². The molecule has 0 bridgehead atoms. The average molecular weight is 467 g/mol. The Bertz CT molecular complexity index is 1110. The molecule has 32 heavy (non-hydrogen) atoms. The van der Waals surface area contributed by atoms with Gasteiger partial charge in [0.2, 0.25) is 5.88 Å². The van der Waals surface area contributed by atoms with Crippen molar-refractivity contribution in [2.75, 3.05) is 19.5 Å². The zero-order chi connectivity index (χ0) is 23.3. The van der Waals surface area contributed by atoms with E-state index in [1.165, 1.54) is 20.3 Å². The van der Waals surface area contributed by atoms with Crippen LogP contribution < -0.4 is 20.1 Å². The number of methoxy groups -OCH3 is 2. The van der Waals surface area contributed by atoms with Gasteiger partial charge in [0.25, 0.3) is 0 Å². The van der Waals surface area contributed by atoms with Gasteiger partial charge in [-0.1, -0.05) is 35.9 Å². The molecule has 0 saturated heterocycles. The van der Waals surface area contributed by atoms with Crippen molar-refractivity contribution >= 4 is 23.3 Å². The Morgan fingerprint density at radius 3 is 2.44 bits per heavy atom. The first-order valence-electron chi connectivity index (χ1n) is 9.17. The highest BCUT2D eigenvalue weighted by Crippen LogP contribution is 2.36. The van der Waals surface area contributed by atoms with Crippen molar-refractivity contribution in [1.82, 2.24) is 15.3 Å². The van der Waals surface area contributed by atoms with Crippen LogP contribution in [0, 0.1) is 0 Å². The topological polar surface area (TPSA) is 85.4 Å². The van der Waals surface area contributed by atoms with Gasteiger partial charge in [0.15, 0.2) is 0 Å². The zero-order valence-electron chi connectivity index (χ0n) is 17.0. The summed E-state index contributed by atoms with van der Waals surface area (Å²) in [7, 11) is 2.94. The van der Waals surface area contributed by atoms with Gasteiger partial charge in [-0.25, -0.2) is 9.78 Å². The number of hydrogen-bond acceptors (Lipinski definition) is 5. The van der Waals surface area contributed by atoms with Gasteiger partial charge in [-0.05, 0) is 29.3 Å². The smallest absolute Gasteiger partial charge is 0.417 e. The molecule has 2 N–H and O–H groups in total. The fraction of sp³-hybridized carbons (Fsp3) is 0.190. The maximum Gasteiger partial charge on any atom is 0.417 e. The molecule has 2 amide bonds. The Morgan fingerprint density at radius 2 is 1.81 bits per heavy atom. The quantitative estimate of drug-likeness (QED) is 0.524. The molecule has 2 aromatic carbocycles. The van der Waals surface area contributed by atoms with E-state index in [2.05, 4.69) is 20.6 Å². The van der Waals surface area contributed by atoms with Crippen LogP contribution in [0.25, 0.3) is 11.1 Å². The first-order chi connectivity index (χ1) is 15.2. The number of nitrogens with zero attached hydrogens (tertiary/aromatic N) is 2. The molecule has 0 aliphatic carbocycles. The molecule has 0 aliphatic rings. The number of anilines is 1. The number of carbonyl (C=O) groups excluding carboxylic acids is 1. The minimum absolute atomic E-state index is 0.0267. The number of ether oxygens (including phenoxy) is 2. The van der Waals surface area contributed by atoms with Crippen molar-refractivity contribution in [2.45, 2.75) is 12.7 Å². The third kappa shape index (κ3) is 5.58. The Kier molecular flexibility index (Phi) is 7.04. The molecule has 0 aliphatic heterocycles. The van der Waals surface area contributed by atoms with Gasteiger partial charge in [-0.15, -0.1) is 0 Å². The Hall–Kier alpha value is -3.53. The van der Waals surface area contributed by atoms with Crippen molar-refractivity contribution < 1.29 is 27.4 Å². The van der Waals surface area contributed by atoms with Crippen molar-refractivity contribution in [3.05, 3.63) is 64.8 Å². The normalized spacial score (nSPS) is 11.1. The molecule has 1 aromatic heterocycles. The number of halogens is 4. The van der Waals surface area contributed by atoms with Crippen LogP contribution in [0.15, 0.2) is 48.7 Å². The zero-order valence-corrected chi connectivity index (χ0v) is 17.7. The second-order valence-electron chi connectivity index (χ2n) is 6.48. The summed E-state index contributed by atoms with van der Waals surface area (Å²) in [6.07, 6.45) is -3.04. The van der Waals surface area contributed by atoms with Crippen LogP contribution in [0.4, 0.5) is 23.7 Å². The van der Waals surface area contributed by atoms with Gasteiger partial charge in [-0.2, -0.15) is 18.2 Å². The van der Waals surface area contributed by atoms with E-state index < -0.39 is 22.8 Å². The van der Waals surface area contributed by atoms with Crippen LogP contribution in [0.5, 0.6) is 11.9 Å². The molecular weight excluding hydrogens is 449 g/mol. The minimum Gasteiger partial charge on any atom is -0.480 e. The Morgan fingerprint density at radius 1 is 1.09 bits per heavy atom. The number of urea groups is 1. The predicted octanol–water partition coefficient (Wildman–Crippen LogP) is 5.15. The van der Waals surface area contributed by atoms with E-state index in [1.54, 1.807) is 30.5 Å². The maximum absolute atomic E-state index is 12.9. The van der Waals surface area contributed by atoms with Gasteiger partial charge in [0, 0.05) is 18.4 Å². The molecule has 11 heteroatoms. The lowest BCUT2D eigenvalue weighted by Gasteiger charge is -2.12. The molecule has 168 valence electrons. The van der Waals surface area contributed by atoms with E-state index in [1.807, 2.05) is 0 Å². The highest BCUT2D eigenvalue weighted by atomic mass is 35.5. The number of nitrogens with one attached hydrogen (secondary N) is 2. The fourth-order valence-electron chi connectivity index (χ4n) is 2.78. The minimum atomic E-state index is -4.62. The van der Waals surface area contributed by atoms with Crippen LogP contribution in [0.3, 0.4) is 0 Å². The van der Waals surface area contributed by atoms with Crippen LogP contribution in [-0.2, 0) is 12.7 Å². The van der Waals surface area contributed by atoms with Crippen LogP contribution in [0.1, 0.15) is 11.1 Å². The summed E-state index contributed by atoms with van der Waals surface area (Å²) in [6.45, 7) is 0.155. The molecule has 0 saturated carbocycles. The summed E-state index contributed by atoms with van der Waals surface area (Å²) in [5.74, 6) is 0.350. The van der Waals surface area contributed by atoms with Gasteiger partial charge in [0.05, 0.1) is 30.4 Å². The number of hydrogen-bond donors (Lipinski definition) is 2. The first kappa shape index (κ1) is 23.1. The summed E-state index contributed by atoms with van der Waals surface area (Å²) in [4.78, 5) is 20.3. The van der Waals surface area contributed by atoms with E-state index >= 15 is 0 Å². The molecule has 3 rings (SSSR count). The lowest BCUT2D eigenvalue weighted by molar-refractivity contribution is -0.137. The Balaban J connectivity index is 1.63. The molecular formula is C21H18ClF3N4O3. The number of aromatic nitrogens is 2. The third-order valence-electron chi connectivity index (χ3n) is 4.36. The summed E-state index contributed by atoms with van der Waals surface area (Å²) < 4.78 is 49.1. The molecule has 1 heterocycles. The standard InChI is InChI=1S/C21H18ClF3N4O3/c1-31-18-15(11-27-20(29-18)32-2)13-5-3-12(4-6-13)10-26-19(30)28-14-7-8-17(22)16(9-14)21(23,24)25/h3-9,11H,10H2,1-2H3,(H2,26,28,30). The van der Waals surface area contributed by atoms with Gasteiger partial charge < -0.3 is 20.1 Å². The molecule has 0 spiro atoms. The van der Waals surface area contributed by atoms with E-state index in [0.29, 0.717) is 11.4 Å². The lowest BCUT2D eigenvalue weighted by atomic mass is 10.1. The van der Waals surface area contributed by atoms with Gasteiger partial charge in [-0.3, -0.25) is 0 Å². The lowest BCUT2D eigenvalue weighted by Crippen LogP contribution is -2.28. The maximum atomic E-state index is 12.9. The van der Waals surface area contributed by atoms with Crippen LogP contribution in [0.2, 0.25) is 5.02 Å². The number of alkyl halides is 3. The number of carbonyl (C=O) groups is 1. The first-order valence-corrected chi connectivity index (χ1v) is 9.55. The van der Waals surface area contributed by atoms with E-state index in [4.69, 9.17) is 21.1 Å². The monoisotopic (exact) mass is 466 g/mol. The van der Waals surface area contributed by atoms with Crippen molar-refractivity contribution in [3.8, 4) is 23.0 Å². The summed E-state index contributed by atoms with van der Waals surface area (Å²) in [5.41, 5.74) is 1.17. The molecule has 0 radical (unpaired) electrons. The van der Waals surface area contributed by atoms with Gasteiger partial charge in [0.1, 0.15) is 0 Å². The molecule has 3 aromatic rings. The van der Waals surface area contributed by atoms with E-state index in [9.17, 15) is 18.0 Å². The fourth-order valence-corrected chi connectivity index (χ4v) is 3.01. The summed E-state index contributed by atoms with van der Waals surface area (Å²) in [5, 5.41) is 4.51. The van der Waals surface area contributed by atoms with Crippen molar-refractivity contribution in [1.29, 1.82) is 0 Å². The highest BCUT2D eigenvalue weighted by molar-refractivity contribution is 6.31. The van der Waals surface area contributed by atoms with Gasteiger partial charge >= 0.3 is 18.2 Å². The summed E-state index contributed by atoms with van der Waals surface area (Å²) >= 11 is 5.58. The summed E-state index contributed by atoms with van der Waals surface area (Å²) in [6, 6.07) is 9.84. The molecule has 0 atom stereocenters. The second kappa shape index (κ2) is 9.73. The number of amides is 2. The predicted molar refractivity (Wildman–Crippen MR) is 113 cm³/mol. The van der Waals surface area contributed by atoms with Crippen LogP contribution in [-0.4, -0.2) is 30.2 Å². The van der Waals surface area contributed by atoms with Crippen molar-refractivity contribution in [2.24, 2.45) is 0 Å². The molecule has 0 fully saturated rings. The SMILES string of the molecule is COc1ncc(-c2ccc(CNC(=O)Nc3ccc(Cl)c(C(F)(F)F)c3)cc2)c(OC)n1. The molecule has 7 nitrogen and oxygen atoms in total. The third-order valence-corrected chi connectivity index (χ3v) is 4.68. The van der Waals surface area contributed by atoms with E-state index in [-0.39, 0.29) is 18.2 Å². The highest BCUT2D eigenvalue weighted by Gasteiger charge is 2.33. The second-order valence-corrected chi connectivity index (χ2v) is 6.88. The average Bonchev–Trinajstić information content (AvgIpc) is 2.78. The molecule has 0 unspecified atom stereocenters. The van der Waals surface area contributed by atoms with Crippen molar-refractivity contribution in [3.63, 3.8) is 0 Å². The number of rotatable bonds is 6. The largest absolute Gasteiger partial charge is 0.480 e. The Labute approximate surface area is 186 Å².